The van der Waals surface area contributed by atoms with Crippen molar-refractivity contribution in [2.45, 2.75) is 12.3 Å². The van der Waals surface area contributed by atoms with Gasteiger partial charge in [0.1, 0.15) is 5.38 Å². The number of esters is 1. The Hall–Kier alpha value is -1.07. The van der Waals surface area contributed by atoms with Crippen LogP contribution in [-0.4, -0.2) is 24.4 Å². The van der Waals surface area contributed by atoms with Crippen LogP contribution in [0, 0.1) is 0 Å². The molecule has 0 heterocycles. The van der Waals surface area contributed by atoms with Crippen molar-refractivity contribution in [2.24, 2.45) is 0 Å². The predicted molar refractivity (Wildman–Crippen MR) is 69.4 cm³/mol. The van der Waals surface area contributed by atoms with Gasteiger partial charge in [-0.05, 0) is 25.1 Å². The standard InChI is InChI=1S/C11H11BrClNO3/c1-6(13)10(15)14-9-4-3-7(12)5-8(9)11(16)17-2/h3-6H,1-2H3,(H,14,15)/t6-/m1/s1. The first-order chi connectivity index (χ1) is 7.95. The van der Waals surface area contributed by atoms with Crippen LogP contribution in [-0.2, 0) is 9.53 Å². The van der Waals surface area contributed by atoms with Crippen molar-refractivity contribution < 1.29 is 14.3 Å². The number of methoxy groups -OCH3 is 1. The topological polar surface area (TPSA) is 55.4 Å². The quantitative estimate of drug-likeness (QED) is 0.688. The van der Waals surface area contributed by atoms with Gasteiger partial charge in [-0.2, -0.15) is 0 Å². The summed E-state index contributed by atoms with van der Waals surface area (Å²) < 4.78 is 5.35. The Kier molecular flexibility index (Phi) is 4.96. The Bertz CT molecular complexity index is 448. The summed E-state index contributed by atoms with van der Waals surface area (Å²) in [6, 6.07) is 4.88. The van der Waals surface area contributed by atoms with Crippen LogP contribution in [0.4, 0.5) is 5.69 Å². The van der Waals surface area contributed by atoms with E-state index in [0.717, 1.165) is 4.47 Å². The Labute approximate surface area is 112 Å². The number of rotatable bonds is 3. The van der Waals surface area contributed by atoms with E-state index in [1.807, 2.05) is 0 Å². The van der Waals surface area contributed by atoms with Crippen molar-refractivity contribution in [1.82, 2.24) is 0 Å². The van der Waals surface area contributed by atoms with Crippen molar-refractivity contribution in [3.63, 3.8) is 0 Å². The van der Waals surface area contributed by atoms with Crippen LogP contribution in [0.5, 0.6) is 0 Å². The zero-order chi connectivity index (χ0) is 13.0. The molecular weight excluding hydrogens is 309 g/mol. The fraction of sp³-hybridized carbons (Fsp3) is 0.273. The highest BCUT2D eigenvalue weighted by molar-refractivity contribution is 9.10. The zero-order valence-corrected chi connectivity index (χ0v) is 11.6. The third-order valence-corrected chi connectivity index (χ3v) is 2.70. The lowest BCUT2D eigenvalue weighted by Crippen LogP contribution is -2.22. The molecule has 0 spiro atoms. The predicted octanol–water partition coefficient (Wildman–Crippen LogP) is 2.80. The van der Waals surface area contributed by atoms with Gasteiger partial charge in [0.2, 0.25) is 5.91 Å². The van der Waals surface area contributed by atoms with Crippen LogP contribution < -0.4 is 5.32 Å². The number of ether oxygens (including phenoxy) is 1. The van der Waals surface area contributed by atoms with Crippen molar-refractivity contribution in [2.75, 3.05) is 12.4 Å². The second-order valence-electron chi connectivity index (χ2n) is 3.29. The Morgan fingerprint density at radius 2 is 2.12 bits per heavy atom. The molecule has 0 unspecified atom stereocenters. The molecule has 1 N–H and O–H groups in total. The lowest BCUT2D eigenvalue weighted by Gasteiger charge is -2.11. The summed E-state index contributed by atoms with van der Waals surface area (Å²) in [5.41, 5.74) is 0.644. The fourth-order valence-corrected chi connectivity index (χ4v) is 1.55. The van der Waals surface area contributed by atoms with E-state index in [4.69, 9.17) is 11.6 Å². The van der Waals surface area contributed by atoms with Gasteiger partial charge in [-0.15, -0.1) is 11.6 Å². The van der Waals surface area contributed by atoms with Crippen molar-refractivity contribution in [3.05, 3.63) is 28.2 Å². The molecule has 1 aromatic rings. The Balaban J connectivity index is 3.06. The van der Waals surface area contributed by atoms with E-state index in [2.05, 4.69) is 26.0 Å². The van der Waals surface area contributed by atoms with E-state index in [1.165, 1.54) is 7.11 Å². The first-order valence-electron chi connectivity index (χ1n) is 4.78. The average molecular weight is 321 g/mol. The van der Waals surface area contributed by atoms with E-state index in [9.17, 15) is 9.59 Å². The minimum absolute atomic E-state index is 0.271. The summed E-state index contributed by atoms with van der Waals surface area (Å²) in [6.07, 6.45) is 0. The largest absolute Gasteiger partial charge is 0.465 e. The molecule has 0 bridgehead atoms. The molecule has 4 nitrogen and oxygen atoms in total. The highest BCUT2D eigenvalue weighted by Crippen LogP contribution is 2.22. The van der Waals surface area contributed by atoms with E-state index in [0.29, 0.717) is 5.69 Å². The van der Waals surface area contributed by atoms with Gasteiger partial charge in [-0.1, -0.05) is 15.9 Å². The molecule has 92 valence electrons. The summed E-state index contributed by atoms with van der Waals surface area (Å²) >= 11 is 8.88. The number of alkyl halides is 1. The molecule has 1 aromatic carbocycles. The molecular formula is C11H11BrClNO3. The van der Waals surface area contributed by atoms with E-state index < -0.39 is 11.3 Å². The summed E-state index contributed by atoms with van der Waals surface area (Å²) in [5, 5.41) is 1.88. The van der Waals surface area contributed by atoms with Gasteiger partial charge >= 0.3 is 5.97 Å². The van der Waals surface area contributed by atoms with Gasteiger partial charge in [0, 0.05) is 4.47 Å². The second kappa shape index (κ2) is 6.02. The molecule has 0 radical (unpaired) electrons. The van der Waals surface area contributed by atoms with Gasteiger partial charge < -0.3 is 10.1 Å². The number of nitrogens with one attached hydrogen (secondary N) is 1. The van der Waals surface area contributed by atoms with Crippen LogP contribution in [0.2, 0.25) is 0 Å². The molecule has 1 atom stereocenters. The molecule has 0 aliphatic rings. The van der Waals surface area contributed by atoms with Crippen molar-refractivity contribution in [1.29, 1.82) is 0 Å². The van der Waals surface area contributed by atoms with E-state index in [1.54, 1.807) is 25.1 Å². The van der Waals surface area contributed by atoms with Crippen molar-refractivity contribution >= 4 is 45.1 Å². The number of hydrogen-bond donors (Lipinski definition) is 1. The highest BCUT2D eigenvalue weighted by Gasteiger charge is 2.16. The molecule has 6 heteroatoms. The Morgan fingerprint density at radius 3 is 2.65 bits per heavy atom. The summed E-state index contributed by atoms with van der Waals surface area (Å²) in [5.74, 6) is -0.900. The molecule has 0 fully saturated rings. The van der Waals surface area contributed by atoms with Crippen LogP contribution in [0.15, 0.2) is 22.7 Å². The number of amides is 1. The van der Waals surface area contributed by atoms with Crippen LogP contribution in [0.25, 0.3) is 0 Å². The first kappa shape index (κ1) is 14.0. The highest BCUT2D eigenvalue weighted by atomic mass is 79.9. The number of halogens is 2. The zero-order valence-electron chi connectivity index (χ0n) is 9.29. The van der Waals surface area contributed by atoms with E-state index >= 15 is 0 Å². The lowest BCUT2D eigenvalue weighted by atomic mass is 10.1. The molecule has 0 aromatic heterocycles. The molecule has 0 aliphatic carbocycles. The molecule has 0 saturated carbocycles. The number of anilines is 1. The average Bonchev–Trinajstić information content (AvgIpc) is 2.30. The number of benzene rings is 1. The number of hydrogen-bond acceptors (Lipinski definition) is 3. The smallest absolute Gasteiger partial charge is 0.340 e. The third-order valence-electron chi connectivity index (χ3n) is 2.01. The van der Waals surface area contributed by atoms with Crippen LogP contribution >= 0.6 is 27.5 Å². The normalized spacial score (nSPS) is 11.8. The molecule has 1 amide bonds. The Morgan fingerprint density at radius 1 is 1.47 bits per heavy atom. The maximum Gasteiger partial charge on any atom is 0.340 e. The van der Waals surface area contributed by atoms with Gasteiger partial charge in [-0.25, -0.2) is 4.79 Å². The fourth-order valence-electron chi connectivity index (χ4n) is 1.14. The van der Waals surface area contributed by atoms with Gasteiger partial charge in [0.05, 0.1) is 18.4 Å². The van der Waals surface area contributed by atoms with Crippen LogP contribution in [0.3, 0.4) is 0 Å². The second-order valence-corrected chi connectivity index (χ2v) is 4.86. The molecule has 0 saturated heterocycles. The maximum absolute atomic E-state index is 11.5. The summed E-state index contributed by atoms with van der Waals surface area (Å²) in [6.45, 7) is 1.55. The summed E-state index contributed by atoms with van der Waals surface area (Å²) in [4.78, 5) is 23.0. The van der Waals surface area contributed by atoms with Gasteiger partial charge in [0.25, 0.3) is 0 Å². The molecule has 1 rings (SSSR count). The third kappa shape index (κ3) is 3.71. The first-order valence-corrected chi connectivity index (χ1v) is 6.01. The summed E-state index contributed by atoms with van der Waals surface area (Å²) in [7, 11) is 1.28. The lowest BCUT2D eigenvalue weighted by molar-refractivity contribution is -0.115. The van der Waals surface area contributed by atoms with Gasteiger partial charge in [-0.3, -0.25) is 4.79 Å². The number of carbonyl (C=O) groups excluding carboxylic acids is 2. The SMILES string of the molecule is COC(=O)c1cc(Br)ccc1NC(=O)[C@@H](C)Cl. The minimum Gasteiger partial charge on any atom is -0.465 e. The maximum atomic E-state index is 11.5. The molecule has 0 aliphatic heterocycles. The minimum atomic E-state index is -0.677. The van der Waals surface area contributed by atoms with Gasteiger partial charge in [0.15, 0.2) is 0 Å². The monoisotopic (exact) mass is 319 g/mol. The van der Waals surface area contributed by atoms with Crippen molar-refractivity contribution in [3.8, 4) is 0 Å². The van der Waals surface area contributed by atoms with E-state index in [-0.39, 0.29) is 11.5 Å². The number of carbonyl (C=O) groups is 2. The van der Waals surface area contributed by atoms with Crippen LogP contribution in [0.1, 0.15) is 17.3 Å². The molecule has 17 heavy (non-hydrogen) atoms.